The van der Waals surface area contributed by atoms with Gasteiger partial charge in [0.15, 0.2) is 5.69 Å². The monoisotopic (exact) mass is 418 g/mol. The smallest absolute Gasteiger partial charge is 0.284 e. The maximum absolute atomic E-state index is 13.1. The van der Waals surface area contributed by atoms with Crippen LogP contribution in [0, 0.1) is 6.92 Å². The molecule has 1 unspecified atom stereocenters. The number of nitrogens with one attached hydrogen (secondary N) is 3. The van der Waals surface area contributed by atoms with Crippen LogP contribution >= 0.6 is 0 Å². The highest BCUT2D eigenvalue weighted by molar-refractivity contribution is 5.95. The third-order valence-corrected chi connectivity index (χ3v) is 4.91. The molecule has 1 fully saturated rings. The lowest BCUT2D eigenvalue weighted by Crippen LogP contribution is -2.47. The van der Waals surface area contributed by atoms with Crippen LogP contribution in [-0.2, 0) is 16.1 Å². The van der Waals surface area contributed by atoms with E-state index in [2.05, 4.69) is 25.5 Å². The van der Waals surface area contributed by atoms with Gasteiger partial charge in [0.2, 0.25) is 0 Å². The van der Waals surface area contributed by atoms with Crippen molar-refractivity contribution in [3.05, 3.63) is 51.8 Å². The zero-order chi connectivity index (χ0) is 21.3. The van der Waals surface area contributed by atoms with Crippen molar-refractivity contribution >= 4 is 22.5 Å². The summed E-state index contributed by atoms with van der Waals surface area (Å²) < 4.78 is 31.7. The third kappa shape index (κ3) is 4.07. The Labute approximate surface area is 169 Å². The van der Waals surface area contributed by atoms with Gasteiger partial charge in [-0.1, -0.05) is 12.1 Å². The first-order valence-electron chi connectivity index (χ1n) is 9.38. The van der Waals surface area contributed by atoms with Crippen molar-refractivity contribution < 1.29 is 18.3 Å². The summed E-state index contributed by atoms with van der Waals surface area (Å²) in [5, 5.41) is 8.98. The zero-order valence-corrected chi connectivity index (χ0v) is 16.1. The number of para-hydroxylation sites is 1. The molecule has 0 radical (unpaired) electrons. The van der Waals surface area contributed by atoms with E-state index >= 15 is 0 Å². The van der Waals surface area contributed by atoms with Crippen LogP contribution < -0.4 is 10.9 Å². The topological polar surface area (TPSA) is 116 Å². The zero-order valence-electron chi connectivity index (χ0n) is 16.1. The molecule has 0 bridgehead atoms. The van der Waals surface area contributed by atoms with Gasteiger partial charge in [0, 0.05) is 13.1 Å². The van der Waals surface area contributed by atoms with Crippen LogP contribution in [0.3, 0.4) is 0 Å². The highest BCUT2D eigenvalue weighted by atomic mass is 19.3. The fraction of sp³-hybridized carbons (Fsp3) is 0.368. The number of aromatic nitrogens is 4. The number of morpholine rings is 1. The van der Waals surface area contributed by atoms with Gasteiger partial charge < -0.3 is 15.0 Å². The van der Waals surface area contributed by atoms with Gasteiger partial charge in [-0.3, -0.25) is 19.6 Å². The number of fused-ring (bicyclic) bond motifs is 1. The Balaban J connectivity index is 1.45. The van der Waals surface area contributed by atoms with E-state index in [9.17, 15) is 18.4 Å². The Morgan fingerprint density at radius 2 is 2.20 bits per heavy atom. The SMILES string of the molecule is Cc1[nH]nc(C(F)F)c1NC(=O)C1CN(Cc2nc3ccccc3c(=O)[nH]2)CCO1. The number of H-pyrrole nitrogens is 2. The van der Waals surface area contributed by atoms with Crippen molar-refractivity contribution in [1.29, 1.82) is 0 Å². The summed E-state index contributed by atoms with van der Waals surface area (Å²) in [5.41, 5.74) is 0.161. The predicted molar refractivity (Wildman–Crippen MR) is 104 cm³/mol. The first kappa shape index (κ1) is 20.1. The maximum atomic E-state index is 13.1. The summed E-state index contributed by atoms with van der Waals surface area (Å²) >= 11 is 0. The molecule has 11 heteroatoms. The van der Waals surface area contributed by atoms with E-state index in [0.29, 0.717) is 35.5 Å². The van der Waals surface area contributed by atoms with E-state index in [0.717, 1.165) is 0 Å². The number of hydrogen-bond acceptors (Lipinski definition) is 6. The van der Waals surface area contributed by atoms with Crippen molar-refractivity contribution in [1.82, 2.24) is 25.1 Å². The maximum Gasteiger partial charge on any atom is 0.284 e. The minimum atomic E-state index is -2.81. The highest BCUT2D eigenvalue weighted by Gasteiger charge is 2.29. The van der Waals surface area contributed by atoms with E-state index in [4.69, 9.17) is 4.74 Å². The second kappa shape index (κ2) is 8.28. The molecule has 3 heterocycles. The Morgan fingerprint density at radius 1 is 1.40 bits per heavy atom. The number of hydrogen-bond donors (Lipinski definition) is 3. The number of aryl methyl sites for hydroxylation is 1. The first-order chi connectivity index (χ1) is 14.4. The molecule has 3 aromatic rings. The Morgan fingerprint density at radius 3 is 3.00 bits per heavy atom. The summed E-state index contributed by atoms with van der Waals surface area (Å²) in [5.74, 6) is -0.0588. The molecule has 0 saturated carbocycles. The van der Waals surface area contributed by atoms with Crippen molar-refractivity contribution in [3.8, 4) is 0 Å². The number of ether oxygens (including phenoxy) is 1. The molecule has 1 amide bonds. The largest absolute Gasteiger partial charge is 0.366 e. The number of alkyl halides is 2. The summed E-state index contributed by atoms with van der Waals surface area (Å²) in [6.45, 7) is 2.91. The van der Waals surface area contributed by atoms with Crippen LogP contribution in [0.2, 0.25) is 0 Å². The molecule has 4 rings (SSSR count). The second-order valence-electron chi connectivity index (χ2n) is 7.02. The Hall–Kier alpha value is -3.18. The molecule has 0 aliphatic carbocycles. The van der Waals surface area contributed by atoms with Gasteiger partial charge in [-0.25, -0.2) is 13.8 Å². The number of aromatic amines is 2. The molecule has 1 aromatic carbocycles. The van der Waals surface area contributed by atoms with E-state index in [-0.39, 0.29) is 24.4 Å². The van der Waals surface area contributed by atoms with Crippen LogP contribution in [0.4, 0.5) is 14.5 Å². The second-order valence-corrected chi connectivity index (χ2v) is 7.02. The summed E-state index contributed by atoms with van der Waals surface area (Å²) in [7, 11) is 0. The molecular formula is C19H20F2N6O3. The van der Waals surface area contributed by atoms with E-state index in [1.807, 2.05) is 4.90 Å². The summed E-state index contributed by atoms with van der Waals surface area (Å²) in [6, 6.07) is 7.04. The number of nitrogens with zero attached hydrogens (tertiary/aromatic N) is 3. The number of carbonyl (C=O) groups excluding carboxylic acids is 1. The minimum Gasteiger partial charge on any atom is -0.366 e. The summed E-state index contributed by atoms with van der Waals surface area (Å²) in [4.78, 5) is 34.0. The average molecular weight is 418 g/mol. The van der Waals surface area contributed by atoms with Crippen LogP contribution in [0.5, 0.6) is 0 Å². The Bertz CT molecular complexity index is 1130. The van der Waals surface area contributed by atoms with Crippen LogP contribution in [0.25, 0.3) is 10.9 Å². The van der Waals surface area contributed by atoms with Crippen LogP contribution in [-0.4, -0.2) is 56.8 Å². The molecule has 3 N–H and O–H groups in total. The molecule has 30 heavy (non-hydrogen) atoms. The van der Waals surface area contributed by atoms with E-state index < -0.39 is 24.1 Å². The normalized spacial score (nSPS) is 17.5. The van der Waals surface area contributed by atoms with Crippen molar-refractivity contribution in [2.24, 2.45) is 0 Å². The molecule has 1 saturated heterocycles. The number of carbonyl (C=O) groups is 1. The summed E-state index contributed by atoms with van der Waals surface area (Å²) in [6.07, 6.45) is -3.67. The molecule has 158 valence electrons. The van der Waals surface area contributed by atoms with Gasteiger partial charge >= 0.3 is 0 Å². The van der Waals surface area contributed by atoms with Gasteiger partial charge in [0.25, 0.3) is 17.9 Å². The van der Waals surface area contributed by atoms with Crippen molar-refractivity contribution in [2.45, 2.75) is 26.0 Å². The fourth-order valence-electron chi connectivity index (χ4n) is 3.39. The lowest BCUT2D eigenvalue weighted by atomic mass is 10.2. The number of anilines is 1. The van der Waals surface area contributed by atoms with Gasteiger partial charge in [-0.15, -0.1) is 0 Å². The fourth-order valence-corrected chi connectivity index (χ4v) is 3.39. The highest BCUT2D eigenvalue weighted by Crippen LogP contribution is 2.27. The minimum absolute atomic E-state index is 0.0313. The molecule has 2 aromatic heterocycles. The number of halogens is 2. The Kier molecular flexibility index (Phi) is 5.55. The van der Waals surface area contributed by atoms with Crippen LogP contribution in [0.15, 0.2) is 29.1 Å². The molecular weight excluding hydrogens is 398 g/mol. The quantitative estimate of drug-likeness (QED) is 0.581. The van der Waals surface area contributed by atoms with Crippen molar-refractivity contribution in [3.63, 3.8) is 0 Å². The number of benzene rings is 1. The van der Waals surface area contributed by atoms with Gasteiger partial charge in [0.1, 0.15) is 11.9 Å². The van der Waals surface area contributed by atoms with E-state index in [1.165, 1.54) is 0 Å². The van der Waals surface area contributed by atoms with Crippen molar-refractivity contribution in [2.75, 3.05) is 25.0 Å². The predicted octanol–water partition coefficient (Wildman–Crippen LogP) is 1.73. The standard InChI is InChI=1S/C19H20F2N6O3/c1-10-15(16(17(20)21)26-25-10)24-19(29)13-8-27(6-7-30-13)9-14-22-12-5-3-2-4-11(12)18(28)23-14/h2-5,13,17H,6-9H2,1H3,(H,24,29)(H,25,26)(H,22,23,28). The molecule has 1 aliphatic rings. The number of amides is 1. The lowest BCUT2D eigenvalue weighted by Gasteiger charge is -2.31. The van der Waals surface area contributed by atoms with Gasteiger partial charge in [-0.05, 0) is 19.1 Å². The van der Waals surface area contributed by atoms with Gasteiger partial charge in [-0.2, -0.15) is 5.10 Å². The molecule has 9 nitrogen and oxygen atoms in total. The van der Waals surface area contributed by atoms with E-state index in [1.54, 1.807) is 31.2 Å². The molecule has 0 spiro atoms. The number of rotatable bonds is 5. The average Bonchev–Trinajstić information content (AvgIpc) is 3.09. The molecule has 1 atom stereocenters. The first-order valence-corrected chi connectivity index (χ1v) is 9.38. The van der Waals surface area contributed by atoms with Crippen LogP contribution in [0.1, 0.15) is 23.6 Å². The molecule has 1 aliphatic heterocycles. The third-order valence-electron chi connectivity index (χ3n) is 4.91. The van der Waals surface area contributed by atoms with Gasteiger partial charge in [0.05, 0.1) is 35.4 Å². The lowest BCUT2D eigenvalue weighted by molar-refractivity contribution is -0.133.